The summed E-state index contributed by atoms with van der Waals surface area (Å²) in [6.45, 7) is 0.167. The largest absolute Gasteiger partial charge is 0.462 e. The van der Waals surface area contributed by atoms with E-state index in [4.69, 9.17) is 27.2 Å². The molecule has 5 heteroatoms. The van der Waals surface area contributed by atoms with Crippen LogP contribution in [0.4, 0.5) is 5.69 Å². The Hall–Kier alpha value is -1.26. The first-order valence-electron chi connectivity index (χ1n) is 4.48. The SMILES string of the molecule is Nc1cc(Cl)ccc1C(=O)OCCCO. The third kappa shape index (κ3) is 3.42. The molecule has 3 N–H and O–H groups in total. The highest BCUT2D eigenvalue weighted by atomic mass is 35.5. The van der Waals surface area contributed by atoms with Gasteiger partial charge in [0.25, 0.3) is 0 Å². The van der Waals surface area contributed by atoms with Crippen molar-refractivity contribution in [3.8, 4) is 0 Å². The van der Waals surface area contributed by atoms with Gasteiger partial charge in [0.15, 0.2) is 0 Å². The molecule has 0 saturated heterocycles. The van der Waals surface area contributed by atoms with Crippen LogP contribution in [0.1, 0.15) is 16.8 Å². The Morgan fingerprint density at radius 2 is 2.27 bits per heavy atom. The number of nitrogens with two attached hydrogens (primary N) is 1. The number of carbonyl (C=O) groups excluding carboxylic acids is 1. The van der Waals surface area contributed by atoms with E-state index in [2.05, 4.69) is 0 Å². The van der Waals surface area contributed by atoms with Gasteiger partial charge in [0.05, 0.1) is 12.2 Å². The van der Waals surface area contributed by atoms with Gasteiger partial charge in [-0.25, -0.2) is 4.79 Å². The number of hydrogen-bond acceptors (Lipinski definition) is 4. The molecule has 0 radical (unpaired) electrons. The van der Waals surface area contributed by atoms with Gasteiger partial charge < -0.3 is 15.6 Å². The van der Waals surface area contributed by atoms with Crippen LogP contribution in [0, 0.1) is 0 Å². The number of ether oxygens (including phenoxy) is 1. The lowest BCUT2D eigenvalue weighted by atomic mass is 10.2. The number of rotatable bonds is 4. The molecule has 4 nitrogen and oxygen atoms in total. The molecule has 0 aromatic heterocycles. The fourth-order valence-corrected chi connectivity index (χ4v) is 1.21. The van der Waals surface area contributed by atoms with Crippen molar-refractivity contribution in [1.82, 2.24) is 0 Å². The van der Waals surface area contributed by atoms with Crippen LogP contribution in [0.25, 0.3) is 0 Å². The van der Waals surface area contributed by atoms with Crippen LogP contribution in [0.3, 0.4) is 0 Å². The first-order valence-corrected chi connectivity index (χ1v) is 4.86. The van der Waals surface area contributed by atoms with E-state index in [1.54, 1.807) is 6.07 Å². The molecule has 15 heavy (non-hydrogen) atoms. The van der Waals surface area contributed by atoms with Crippen LogP contribution in [-0.2, 0) is 4.74 Å². The smallest absolute Gasteiger partial charge is 0.340 e. The van der Waals surface area contributed by atoms with Gasteiger partial charge in [-0.05, 0) is 18.2 Å². The number of anilines is 1. The predicted octanol–water partition coefficient (Wildman–Crippen LogP) is 1.46. The van der Waals surface area contributed by atoms with E-state index < -0.39 is 5.97 Å². The van der Waals surface area contributed by atoms with Crippen molar-refractivity contribution in [3.05, 3.63) is 28.8 Å². The summed E-state index contributed by atoms with van der Waals surface area (Å²) < 4.78 is 4.87. The minimum absolute atomic E-state index is 0.0105. The molecule has 1 rings (SSSR count). The minimum atomic E-state index is -0.502. The zero-order valence-electron chi connectivity index (χ0n) is 8.07. The summed E-state index contributed by atoms with van der Waals surface area (Å²) in [4.78, 5) is 11.4. The minimum Gasteiger partial charge on any atom is -0.462 e. The van der Waals surface area contributed by atoms with Crippen LogP contribution in [0.15, 0.2) is 18.2 Å². The first-order chi connectivity index (χ1) is 7.15. The van der Waals surface area contributed by atoms with Gasteiger partial charge in [-0.2, -0.15) is 0 Å². The lowest BCUT2D eigenvalue weighted by molar-refractivity contribution is 0.0483. The number of benzene rings is 1. The first kappa shape index (κ1) is 11.8. The van der Waals surface area contributed by atoms with Gasteiger partial charge in [-0.15, -0.1) is 0 Å². The average molecular weight is 230 g/mol. The monoisotopic (exact) mass is 229 g/mol. The normalized spacial score (nSPS) is 10.0. The molecular formula is C10H12ClNO3. The van der Waals surface area contributed by atoms with Crippen molar-refractivity contribution in [2.45, 2.75) is 6.42 Å². The van der Waals surface area contributed by atoms with Crippen LogP contribution >= 0.6 is 11.6 Å². The molecule has 0 atom stereocenters. The predicted molar refractivity (Wildman–Crippen MR) is 57.8 cm³/mol. The van der Waals surface area contributed by atoms with Gasteiger partial charge in [0, 0.05) is 23.7 Å². The van der Waals surface area contributed by atoms with Crippen molar-refractivity contribution in [1.29, 1.82) is 0 Å². The number of hydrogen-bond donors (Lipinski definition) is 2. The van der Waals surface area contributed by atoms with E-state index in [0.29, 0.717) is 11.4 Å². The Bertz CT molecular complexity index is 355. The standard InChI is InChI=1S/C10H12ClNO3/c11-7-2-3-8(9(12)6-7)10(14)15-5-1-4-13/h2-3,6,13H,1,4-5,12H2. The highest BCUT2D eigenvalue weighted by Gasteiger charge is 2.10. The zero-order chi connectivity index (χ0) is 11.3. The number of nitrogen functional groups attached to an aromatic ring is 1. The van der Waals surface area contributed by atoms with Gasteiger partial charge >= 0.3 is 5.97 Å². The third-order valence-corrected chi connectivity index (χ3v) is 2.00. The van der Waals surface area contributed by atoms with Crippen molar-refractivity contribution < 1.29 is 14.6 Å². The summed E-state index contributed by atoms with van der Waals surface area (Å²) in [7, 11) is 0. The molecular weight excluding hydrogens is 218 g/mol. The Morgan fingerprint density at radius 1 is 1.53 bits per heavy atom. The van der Waals surface area contributed by atoms with E-state index in [9.17, 15) is 4.79 Å². The van der Waals surface area contributed by atoms with Crippen molar-refractivity contribution in [3.63, 3.8) is 0 Å². The number of aliphatic hydroxyl groups excluding tert-OH is 1. The molecule has 1 aromatic carbocycles. The van der Waals surface area contributed by atoms with Crippen LogP contribution in [0.5, 0.6) is 0 Å². The lowest BCUT2D eigenvalue weighted by Crippen LogP contribution is -2.09. The second-order valence-corrected chi connectivity index (χ2v) is 3.38. The van der Waals surface area contributed by atoms with E-state index in [-0.39, 0.29) is 24.5 Å². The van der Waals surface area contributed by atoms with E-state index in [0.717, 1.165) is 0 Å². The maximum absolute atomic E-state index is 11.4. The Labute approximate surface area is 92.6 Å². The van der Waals surface area contributed by atoms with Crippen molar-refractivity contribution in [2.75, 3.05) is 18.9 Å². The van der Waals surface area contributed by atoms with Gasteiger partial charge in [0.1, 0.15) is 0 Å². The maximum atomic E-state index is 11.4. The molecule has 0 aliphatic heterocycles. The second-order valence-electron chi connectivity index (χ2n) is 2.94. The van der Waals surface area contributed by atoms with E-state index in [1.165, 1.54) is 12.1 Å². The quantitative estimate of drug-likeness (QED) is 0.466. The molecule has 0 heterocycles. The summed E-state index contributed by atoms with van der Waals surface area (Å²) in [5, 5.41) is 8.98. The Morgan fingerprint density at radius 3 is 2.87 bits per heavy atom. The lowest BCUT2D eigenvalue weighted by Gasteiger charge is -2.06. The fraction of sp³-hybridized carbons (Fsp3) is 0.300. The van der Waals surface area contributed by atoms with Crippen LogP contribution < -0.4 is 5.73 Å². The van der Waals surface area contributed by atoms with Gasteiger partial charge in [-0.1, -0.05) is 11.6 Å². The van der Waals surface area contributed by atoms with Crippen molar-refractivity contribution >= 4 is 23.3 Å². The molecule has 0 aliphatic carbocycles. The molecule has 0 aliphatic rings. The third-order valence-electron chi connectivity index (χ3n) is 1.77. The molecule has 82 valence electrons. The summed E-state index contributed by atoms with van der Waals surface area (Å²) in [5.74, 6) is -0.502. The summed E-state index contributed by atoms with van der Waals surface area (Å²) >= 11 is 5.68. The fourth-order valence-electron chi connectivity index (χ4n) is 1.03. The molecule has 1 aromatic rings. The molecule has 0 fully saturated rings. The molecule has 0 unspecified atom stereocenters. The van der Waals surface area contributed by atoms with Crippen LogP contribution in [0.2, 0.25) is 5.02 Å². The highest BCUT2D eigenvalue weighted by molar-refractivity contribution is 6.31. The Kier molecular flexibility index (Phi) is 4.39. The summed E-state index contributed by atoms with van der Waals surface area (Å²) in [5.41, 5.74) is 6.17. The second kappa shape index (κ2) is 5.58. The topological polar surface area (TPSA) is 72.6 Å². The average Bonchev–Trinajstić information content (AvgIpc) is 2.17. The maximum Gasteiger partial charge on any atom is 0.340 e. The zero-order valence-corrected chi connectivity index (χ0v) is 8.83. The highest BCUT2D eigenvalue weighted by Crippen LogP contribution is 2.18. The number of esters is 1. The van der Waals surface area contributed by atoms with Crippen molar-refractivity contribution in [2.24, 2.45) is 0 Å². The van der Waals surface area contributed by atoms with Crippen LogP contribution in [-0.4, -0.2) is 24.3 Å². The van der Waals surface area contributed by atoms with Gasteiger partial charge in [-0.3, -0.25) is 0 Å². The molecule has 0 bridgehead atoms. The Balaban J connectivity index is 2.65. The molecule has 0 amide bonds. The van der Waals surface area contributed by atoms with E-state index in [1.807, 2.05) is 0 Å². The number of aliphatic hydroxyl groups is 1. The number of carbonyl (C=O) groups is 1. The summed E-state index contributed by atoms with van der Waals surface area (Å²) in [6.07, 6.45) is 0.416. The van der Waals surface area contributed by atoms with E-state index >= 15 is 0 Å². The molecule has 0 spiro atoms. The van der Waals surface area contributed by atoms with Gasteiger partial charge in [0.2, 0.25) is 0 Å². The summed E-state index contributed by atoms with van der Waals surface area (Å²) in [6, 6.07) is 4.57. The molecule has 0 saturated carbocycles. The number of halogens is 1.